The standard InChI is InChI=1S/C11H5Cl2N3O5/c12-5-1-8(16(19)20)9(2-6(5)13)21-10-4-14-7(3-15-10)11(17)18/h1-4H,(H,17,18). The number of nitro benzene ring substituents is 1. The van der Waals surface area contributed by atoms with Crippen LogP contribution in [0.15, 0.2) is 24.5 Å². The number of hydrogen-bond donors (Lipinski definition) is 1. The van der Waals surface area contributed by atoms with Gasteiger partial charge in [-0.25, -0.2) is 14.8 Å². The molecule has 8 nitrogen and oxygen atoms in total. The zero-order chi connectivity index (χ0) is 15.6. The zero-order valence-corrected chi connectivity index (χ0v) is 11.5. The molecule has 0 saturated carbocycles. The van der Waals surface area contributed by atoms with Gasteiger partial charge in [-0.3, -0.25) is 10.1 Å². The Morgan fingerprint density at radius 2 is 1.90 bits per heavy atom. The number of halogens is 2. The van der Waals surface area contributed by atoms with Crippen molar-refractivity contribution in [3.63, 3.8) is 0 Å². The second-order valence-corrected chi connectivity index (χ2v) is 4.45. The molecule has 1 heterocycles. The van der Waals surface area contributed by atoms with E-state index in [1.807, 2.05) is 0 Å². The van der Waals surface area contributed by atoms with Crippen LogP contribution in [0.2, 0.25) is 10.0 Å². The number of hydrogen-bond acceptors (Lipinski definition) is 6. The Bertz CT molecular complexity index is 721. The third-order valence-corrected chi connectivity index (χ3v) is 2.98. The maximum atomic E-state index is 10.9. The van der Waals surface area contributed by atoms with Crippen molar-refractivity contribution in [1.29, 1.82) is 0 Å². The number of carbonyl (C=O) groups is 1. The highest BCUT2D eigenvalue weighted by molar-refractivity contribution is 6.42. The quantitative estimate of drug-likeness (QED) is 0.676. The van der Waals surface area contributed by atoms with E-state index < -0.39 is 16.6 Å². The van der Waals surface area contributed by atoms with Gasteiger partial charge in [0.2, 0.25) is 11.6 Å². The Morgan fingerprint density at radius 1 is 1.24 bits per heavy atom. The topological polar surface area (TPSA) is 115 Å². The van der Waals surface area contributed by atoms with Crippen molar-refractivity contribution in [2.75, 3.05) is 0 Å². The van der Waals surface area contributed by atoms with Crippen LogP contribution in [-0.4, -0.2) is 26.0 Å². The Hall–Kier alpha value is -2.45. The summed E-state index contributed by atoms with van der Waals surface area (Å²) in [5.74, 6) is -1.57. The van der Waals surface area contributed by atoms with Crippen molar-refractivity contribution >= 4 is 34.9 Å². The third kappa shape index (κ3) is 3.36. The van der Waals surface area contributed by atoms with E-state index in [0.717, 1.165) is 24.5 Å². The molecule has 0 saturated heterocycles. The highest BCUT2D eigenvalue weighted by Crippen LogP contribution is 2.37. The summed E-state index contributed by atoms with van der Waals surface area (Å²) in [6.45, 7) is 0. The lowest BCUT2D eigenvalue weighted by atomic mass is 10.3. The molecule has 1 aromatic heterocycles. The van der Waals surface area contributed by atoms with E-state index >= 15 is 0 Å². The van der Waals surface area contributed by atoms with Crippen LogP contribution in [0.25, 0.3) is 0 Å². The van der Waals surface area contributed by atoms with E-state index in [9.17, 15) is 14.9 Å². The fourth-order valence-electron chi connectivity index (χ4n) is 1.33. The molecule has 0 atom stereocenters. The van der Waals surface area contributed by atoms with E-state index in [1.165, 1.54) is 0 Å². The van der Waals surface area contributed by atoms with Gasteiger partial charge in [-0.2, -0.15) is 0 Å². The fourth-order valence-corrected chi connectivity index (χ4v) is 1.65. The van der Waals surface area contributed by atoms with Gasteiger partial charge in [-0.05, 0) is 0 Å². The van der Waals surface area contributed by atoms with Crippen molar-refractivity contribution in [1.82, 2.24) is 9.97 Å². The van der Waals surface area contributed by atoms with Gasteiger partial charge in [-0.15, -0.1) is 0 Å². The van der Waals surface area contributed by atoms with Gasteiger partial charge < -0.3 is 9.84 Å². The predicted molar refractivity (Wildman–Crippen MR) is 72.2 cm³/mol. The van der Waals surface area contributed by atoms with E-state index in [2.05, 4.69) is 9.97 Å². The van der Waals surface area contributed by atoms with Gasteiger partial charge in [-0.1, -0.05) is 23.2 Å². The number of nitro groups is 1. The first-order chi connectivity index (χ1) is 9.88. The number of nitrogens with zero attached hydrogens (tertiary/aromatic N) is 3. The number of aromatic nitrogens is 2. The first-order valence-corrected chi connectivity index (χ1v) is 6.00. The lowest BCUT2D eigenvalue weighted by molar-refractivity contribution is -0.385. The van der Waals surface area contributed by atoms with Crippen molar-refractivity contribution in [3.05, 3.63) is 50.4 Å². The molecule has 0 aliphatic heterocycles. The molecule has 108 valence electrons. The average molecular weight is 330 g/mol. The number of benzene rings is 1. The predicted octanol–water partition coefficient (Wildman–Crippen LogP) is 3.18. The summed E-state index contributed by atoms with van der Waals surface area (Å²) in [4.78, 5) is 28.1. The van der Waals surface area contributed by atoms with Crippen LogP contribution in [0.3, 0.4) is 0 Å². The van der Waals surface area contributed by atoms with Crippen LogP contribution < -0.4 is 4.74 Å². The molecule has 2 rings (SSSR count). The number of carboxylic acids is 1. The van der Waals surface area contributed by atoms with Crippen LogP contribution in [-0.2, 0) is 0 Å². The smallest absolute Gasteiger partial charge is 0.356 e. The molecule has 2 aromatic rings. The fraction of sp³-hybridized carbons (Fsp3) is 0. The Morgan fingerprint density at radius 3 is 2.43 bits per heavy atom. The average Bonchev–Trinajstić information content (AvgIpc) is 2.43. The molecule has 10 heteroatoms. The second-order valence-electron chi connectivity index (χ2n) is 3.64. The lowest BCUT2D eigenvalue weighted by Gasteiger charge is -2.06. The van der Waals surface area contributed by atoms with Gasteiger partial charge in [0.1, 0.15) is 0 Å². The molecular weight excluding hydrogens is 325 g/mol. The number of aromatic carboxylic acids is 1. The van der Waals surface area contributed by atoms with Gasteiger partial charge in [0.25, 0.3) is 0 Å². The number of rotatable bonds is 4. The minimum Gasteiger partial charge on any atom is -0.476 e. The van der Waals surface area contributed by atoms with Crippen LogP contribution in [0.4, 0.5) is 5.69 Å². The monoisotopic (exact) mass is 329 g/mol. The van der Waals surface area contributed by atoms with E-state index in [1.54, 1.807) is 0 Å². The maximum Gasteiger partial charge on any atom is 0.356 e. The summed E-state index contributed by atoms with van der Waals surface area (Å²) in [6, 6.07) is 2.20. The second kappa shape index (κ2) is 5.90. The SMILES string of the molecule is O=C(O)c1cnc(Oc2cc(Cl)c(Cl)cc2[N+](=O)[O-])cn1. The number of carboxylic acid groups (broad SMARTS) is 1. The first-order valence-electron chi connectivity index (χ1n) is 5.25. The van der Waals surface area contributed by atoms with Crippen molar-refractivity contribution in [2.45, 2.75) is 0 Å². The van der Waals surface area contributed by atoms with Crippen LogP contribution in [0, 0.1) is 10.1 Å². The number of ether oxygens (including phenoxy) is 1. The lowest BCUT2D eigenvalue weighted by Crippen LogP contribution is -2.02. The van der Waals surface area contributed by atoms with E-state index in [4.69, 9.17) is 33.0 Å². The molecule has 0 spiro atoms. The van der Waals surface area contributed by atoms with Crippen LogP contribution in [0.1, 0.15) is 10.5 Å². The molecule has 0 radical (unpaired) electrons. The molecule has 0 bridgehead atoms. The van der Waals surface area contributed by atoms with E-state index in [0.29, 0.717) is 0 Å². The Balaban J connectivity index is 2.36. The van der Waals surface area contributed by atoms with Crippen LogP contribution >= 0.6 is 23.2 Å². The molecule has 1 N–H and O–H groups in total. The highest BCUT2D eigenvalue weighted by atomic mass is 35.5. The molecular formula is C11H5Cl2N3O5. The minimum absolute atomic E-state index is 0.00280. The van der Waals surface area contributed by atoms with E-state index in [-0.39, 0.29) is 27.4 Å². The molecule has 0 unspecified atom stereocenters. The summed E-state index contributed by atoms with van der Waals surface area (Å²) in [5, 5.41) is 19.7. The largest absolute Gasteiger partial charge is 0.476 e. The summed E-state index contributed by atoms with van der Waals surface area (Å²) in [6.07, 6.45) is 1.98. The van der Waals surface area contributed by atoms with Gasteiger partial charge >= 0.3 is 11.7 Å². The molecule has 0 aliphatic carbocycles. The molecule has 1 aromatic carbocycles. The normalized spacial score (nSPS) is 10.2. The molecule has 0 fully saturated rings. The summed E-state index contributed by atoms with van der Waals surface area (Å²) >= 11 is 11.5. The summed E-state index contributed by atoms with van der Waals surface area (Å²) < 4.78 is 5.19. The molecule has 21 heavy (non-hydrogen) atoms. The van der Waals surface area contributed by atoms with Gasteiger partial charge in [0, 0.05) is 12.1 Å². The minimum atomic E-state index is -1.26. The van der Waals surface area contributed by atoms with Crippen LogP contribution in [0.5, 0.6) is 11.6 Å². The van der Waals surface area contributed by atoms with Crippen molar-refractivity contribution < 1.29 is 19.6 Å². The third-order valence-electron chi connectivity index (χ3n) is 2.26. The summed E-state index contributed by atoms with van der Waals surface area (Å²) in [5.41, 5.74) is -0.695. The molecule has 0 amide bonds. The Kier molecular flexibility index (Phi) is 4.20. The maximum absolute atomic E-state index is 10.9. The van der Waals surface area contributed by atoms with Gasteiger partial charge in [0.15, 0.2) is 5.69 Å². The first kappa shape index (κ1) is 14.9. The highest BCUT2D eigenvalue weighted by Gasteiger charge is 2.19. The zero-order valence-electron chi connectivity index (χ0n) is 9.99. The Labute approximate surface area is 127 Å². The van der Waals surface area contributed by atoms with Gasteiger partial charge in [0.05, 0.1) is 27.4 Å². The van der Waals surface area contributed by atoms with Crippen molar-refractivity contribution in [2.24, 2.45) is 0 Å². The summed E-state index contributed by atoms with van der Waals surface area (Å²) in [7, 11) is 0. The molecule has 0 aliphatic rings. The van der Waals surface area contributed by atoms with Crippen molar-refractivity contribution in [3.8, 4) is 11.6 Å².